The van der Waals surface area contributed by atoms with Gasteiger partial charge in [-0.1, -0.05) is 26.0 Å². The Balaban J connectivity index is 1.97. The van der Waals surface area contributed by atoms with Gasteiger partial charge in [-0.3, -0.25) is 0 Å². The van der Waals surface area contributed by atoms with Crippen LogP contribution < -0.4 is 0 Å². The largest absolute Gasteiger partial charge is 0.508 e. The van der Waals surface area contributed by atoms with Crippen LogP contribution in [0.5, 0.6) is 5.75 Å². The first-order valence-electron chi connectivity index (χ1n) is 7.00. The highest BCUT2D eigenvalue weighted by Crippen LogP contribution is 2.50. The van der Waals surface area contributed by atoms with Gasteiger partial charge in [0.2, 0.25) is 0 Å². The Bertz CT molecular complexity index is 416. The molecule has 17 heavy (non-hydrogen) atoms. The molecule has 1 heteroatoms. The van der Waals surface area contributed by atoms with E-state index < -0.39 is 0 Å². The molecule has 3 rings (SSSR count). The van der Waals surface area contributed by atoms with Crippen LogP contribution >= 0.6 is 0 Å². The van der Waals surface area contributed by atoms with Gasteiger partial charge in [0.05, 0.1) is 0 Å². The smallest absolute Gasteiger partial charge is 0.119 e. The highest BCUT2D eigenvalue weighted by molar-refractivity contribution is 5.44. The lowest BCUT2D eigenvalue weighted by Crippen LogP contribution is -2.06. The molecule has 0 unspecified atom stereocenters. The molecule has 2 saturated carbocycles. The van der Waals surface area contributed by atoms with E-state index in [1.165, 1.54) is 36.8 Å². The fourth-order valence-corrected chi connectivity index (χ4v) is 3.15. The molecule has 1 N–H and O–H groups in total. The van der Waals surface area contributed by atoms with Crippen molar-refractivity contribution in [2.75, 3.05) is 0 Å². The molecule has 2 aliphatic rings. The summed E-state index contributed by atoms with van der Waals surface area (Å²) in [6.45, 7) is 4.62. The lowest BCUT2D eigenvalue weighted by atomic mass is 9.84. The van der Waals surface area contributed by atoms with E-state index in [9.17, 15) is 5.11 Å². The van der Waals surface area contributed by atoms with Gasteiger partial charge in [0, 0.05) is 5.56 Å². The molecule has 0 amide bonds. The van der Waals surface area contributed by atoms with Crippen molar-refractivity contribution >= 4 is 0 Å². The van der Waals surface area contributed by atoms with Gasteiger partial charge >= 0.3 is 0 Å². The zero-order valence-corrected chi connectivity index (χ0v) is 10.8. The van der Waals surface area contributed by atoms with Gasteiger partial charge in [-0.25, -0.2) is 0 Å². The monoisotopic (exact) mass is 230 g/mol. The third-order valence-corrected chi connectivity index (χ3v) is 4.72. The van der Waals surface area contributed by atoms with Crippen molar-refractivity contribution in [3.63, 3.8) is 0 Å². The van der Waals surface area contributed by atoms with E-state index in [-0.39, 0.29) is 0 Å². The highest BCUT2D eigenvalue weighted by Gasteiger charge is 2.35. The Labute approximate surface area is 104 Å². The quantitative estimate of drug-likeness (QED) is 0.811. The Morgan fingerprint density at radius 3 is 2.18 bits per heavy atom. The second kappa shape index (κ2) is 4.04. The van der Waals surface area contributed by atoms with Crippen LogP contribution in [0.25, 0.3) is 0 Å². The average molecular weight is 230 g/mol. The minimum atomic E-state index is 0.523. The molecule has 2 atom stereocenters. The molecule has 1 aromatic carbocycles. The first-order valence-corrected chi connectivity index (χ1v) is 7.00. The maximum Gasteiger partial charge on any atom is 0.119 e. The summed E-state index contributed by atoms with van der Waals surface area (Å²) < 4.78 is 0. The van der Waals surface area contributed by atoms with E-state index >= 15 is 0 Å². The first-order chi connectivity index (χ1) is 8.18. The van der Waals surface area contributed by atoms with E-state index in [0.717, 1.165) is 11.8 Å². The zero-order chi connectivity index (χ0) is 12.0. The van der Waals surface area contributed by atoms with Crippen LogP contribution in [-0.2, 0) is 0 Å². The summed E-state index contributed by atoms with van der Waals surface area (Å²) in [6.07, 6.45) is 5.42. The SMILES string of the molecule is C[C@H](c1cccc(O)c1[C@@H](C)C1CC1)C1CC1. The van der Waals surface area contributed by atoms with Crippen molar-refractivity contribution < 1.29 is 5.11 Å². The van der Waals surface area contributed by atoms with Crippen LogP contribution in [0, 0.1) is 11.8 Å². The second-order valence-corrected chi connectivity index (χ2v) is 6.03. The van der Waals surface area contributed by atoms with E-state index in [2.05, 4.69) is 19.9 Å². The van der Waals surface area contributed by atoms with Crippen molar-refractivity contribution in [3.8, 4) is 5.75 Å². The minimum absolute atomic E-state index is 0.523. The Morgan fingerprint density at radius 1 is 1.00 bits per heavy atom. The van der Waals surface area contributed by atoms with Crippen molar-refractivity contribution in [1.29, 1.82) is 0 Å². The molecule has 2 aliphatic carbocycles. The molecule has 2 fully saturated rings. The second-order valence-electron chi connectivity index (χ2n) is 6.03. The summed E-state index contributed by atoms with van der Waals surface area (Å²) in [7, 11) is 0. The predicted octanol–water partition coefficient (Wildman–Crippen LogP) is 4.42. The predicted molar refractivity (Wildman–Crippen MR) is 70.4 cm³/mol. The summed E-state index contributed by atoms with van der Waals surface area (Å²) in [5.41, 5.74) is 2.65. The summed E-state index contributed by atoms with van der Waals surface area (Å²) in [5, 5.41) is 10.2. The summed E-state index contributed by atoms with van der Waals surface area (Å²) in [6, 6.07) is 6.10. The lowest BCUT2D eigenvalue weighted by molar-refractivity contribution is 0.454. The van der Waals surface area contributed by atoms with Crippen LogP contribution in [0.3, 0.4) is 0 Å². The number of rotatable bonds is 4. The Morgan fingerprint density at radius 2 is 1.59 bits per heavy atom. The topological polar surface area (TPSA) is 20.2 Å². The maximum atomic E-state index is 10.2. The molecular formula is C16H22O. The molecule has 0 bridgehead atoms. The van der Waals surface area contributed by atoms with E-state index in [4.69, 9.17) is 0 Å². The highest BCUT2D eigenvalue weighted by atomic mass is 16.3. The number of aromatic hydroxyl groups is 1. The van der Waals surface area contributed by atoms with Gasteiger partial charge in [0.25, 0.3) is 0 Å². The first kappa shape index (κ1) is 11.1. The Hall–Kier alpha value is -0.980. The molecule has 1 aromatic rings. The van der Waals surface area contributed by atoms with Crippen molar-refractivity contribution in [1.82, 2.24) is 0 Å². The van der Waals surface area contributed by atoms with Crippen LogP contribution in [-0.4, -0.2) is 5.11 Å². The molecule has 0 spiro atoms. The van der Waals surface area contributed by atoms with Crippen LogP contribution in [0.1, 0.15) is 62.5 Å². The number of phenolic OH excluding ortho intramolecular Hbond substituents is 1. The Kier molecular flexibility index (Phi) is 2.65. The van der Waals surface area contributed by atoms with Gasteiger partial charge in [0.15, 0.2) is 0 Å². The number of benzene rings is 1. The average Bonchev–Trinajstić information content (AvgIpc) is 3.19. The molecular weight excluding hydrogens is 208 g/mol. The molecule has 0 aliphatic heterocycles. The van der Waals surface area contributed by atoms with Gasteiger partial charge in [-0.05, 0) is 61.0 Å². The third kappa shape index (κ3) is 2.08. The lowest BCUT2D eigenvalue weighted by Gasteiger charge is -2.21. The van der Waals surface area contributed by atoms with Gasteiger partial charge in [-0.15, -0.1) is 0 Å². The summed E-state index contributed by atoms with van der Waals surface area (Å²) in [4.78, 5) is 0. The minimum Gasteiger partial charge on any atom is -0.508 e. The third-order valence-electron chi connectivity index (χ3n) is 4.72. The molecule has 0 heterocycles. The van der Waals surface area contributed by atoms with Crippen LogP contribution in [0.2, 0.25) is 0 Å². The van der Waals surface area contributed by atoms with Crippen molar-refractivity contribution in [2.24, 2.45) is 11.8 Å². The maximum absolute atomic E-state index is 10.2. The fourth-order valence-electron chi connectivity index (χ4n) is 3.15. The van der Waals surface area contributed by atoms with Crippen molar-refractivity contribution in [3.05, 3.63) is 29.3 Å². The number of hydrogen-bond acceptors (Lipinski definition) is 1. The number of phenols is 1. The molecule has 0 aromatic heterocycles. The standard InChI is InChI=1S/C16H22O/c1-10(12-6-7-12)14-4-3-5-15(17)16(14)11(2)13-8-9-13/h3-5,10-13,17H,6-9H2,1-2H3/t10-,11-/m0/s1. The molecule has 92 valence electrons. The molecule has 0 saturated heterocycles. The van der Waals surface area contributed by atoms with E-state index in [0.29, 0.717) is 17.6 Å². The van der Waals surface area contributed by atoms with Gasteiger partial charge < -0.3 is 5.11 Å². The zero-order valence-electron chi connectivity index (χ0n) is 10.8. The summed E-state index contributed by atoms with van der Waals surface area (Å²) >= 11 is 0. The van der Waals surface area contributed by atoms with Crippen LogP contribution in [0.15, 0.2) is 18.2 Å². The fraction of sp³-hybridized carbons (Fsp3) is 0.625. The summed E-state index contributed by atoms with van der Waals surface area (Å²) in [5.74, 6) is 3.36. The van der Waals surface area contributed by atoms with Crippen LogP contribution in [0.4, 0.5) is 0 Å². The van der Waals surface area contributed by atoms with Gasteiger partial charge in [-0.2, -0.15) is 0 Å². The van der Waals surface area contributed by atoms with Crippen molar-refractivity contribution in [2.45, 2.75) is 51.4 Å². The molecule has 0 radical (unpaired) electrons. The normalized spacial score (nSPS) is 23.4. The van der Waals surface area contributed by atoms with E-state index in [1.807, 2.05) is 12.1 Å². The molecule has 1 nitrogen and oxygen atoms in total. The van der Waals surface area contributed by atoms with Gasteiger partial charge in [0.1, 0.15) is 5.75 Å². The number of hydrogen-bond donors (Lipinski definition) is 1. The van der Waals surface area contributed by atoms with E-state index in [1.54, 1.807) is 0 Å².